The number of imide groups is 1. The number of quaternary nitrogens is 1. The molecule has 1 aromatic heterocycles. The zero-order valence-corrected chi connectivity index (χ0v) is 14.9. The van der Waals surface area contributed by atoms with E-state index >= 15 is 0 Å². The van der Waals surface area contributed by atoms with Gasteiger partial charge >= 0.3 is 6.03 Å². The molecule has 1 aromatic carbocycles. The number of rotatable bonds is 4. The highest BCUT2D eigenvalue weighted by molar-refractivity contribution is 7.18. The number of benzene rings is 1. The molecule has 1 unspecified atom stereocenters. The number of hydrogen-bond acceptors (Lipinski definition) is 4. The second-order valence-electron chi connectivity index (χ2n) is 6.95. The average molecular weight is 359 g/mol. The molecule has 2 aromatic rings. The van der Waals surface area contributed by atoms with Crippen LogP contribution in [0.4, 0.5) is 4.79 Å². The summed E-state index contributed by atoms with van der Waals surface area (Å²) in [6.45, 7) is 1.26. The highest BCUT2D eigenvalue weighted by Gasteiger charge is 2.32. The van der Waals surface area contributed by atoms with Crippen molar-refractivity contribution in [3.8, 4) is 0 Å². The first-order chi connectivity index (χ1) is 12.2. The first-order valence-corrected chi connectivity index (χ1v) is 9.81. The Hall–Kier alpha value is -1.99. The van der Waals surface area contributed by atoms with Gasteiger partial charge in [0.1, 0.15) is 6.04 Å². The van der Waals surface area contributed by atoms with Crippen molar-refractivity contribution in [2.24, 2.45) is 0 Å². The van der Waals surface area contributed by atoms with Crippen molar-refractivity contribution in [3.05, 3.63) is 29.3 Å². The number of amides is 3. The van der Waals surface area contributed by atoms with Gasteiger partial charge in [-0.25, -0.2) is 9.78 Å². The minimum atomic E-state index is -0.361. The normalized spacial score (nSPS) is 23.4. The number of fused-ring (bicyclic) bond motifs is 1. The quantitative estimate of drug-likeness (QED) is 0.772. The predicted octanol–water partition coefficient (Wildman–Crippen LogP) is 1.39. The van der Waals surface area contributed by atoms with Gasteiger partial charge in [-0.1, -0.05) is 12.1 Å². The van der Waals surface area contributed by atoms with Crippen LogP contribution in [-0.2, 0) is 4.79 Å². The Labute approximate surface area is 150 Å². The number of hydrogen-bond donors (Lipinski definition) is 3. The molecular weight excluding hydrogens is 336 g/mol. The first kappa shape index (κ1) is 16.5. The third kappa shape index (κ3) is 3.99. The van der Waals surface area contributed by atoms with E-state index in [2.05, 4.69) is 16.7 Å². The van der Waals surface area contributed by atoms with Gasteiger partial charge in [0.15, 0.2) is 11.6 Å². The fourth-order valence-corrected chi connectivity index (χ4v) is 4.61. The number of likely N-dealkylation sites (tertiary alicyclic amines) is 1. The topological polar surface area (TPSA) is 75.5 Å². The molecule has 1 aliphatic heterocycles. The Morgan fingerprint density at radius 1 is 1.20 bits per heavy atom. The molecule has 2 aliphatic rings. The van der Waals surface area contributed by atoms with Gasteiger partial charge in [0.05, 0.1) is 16.8 Å². The highest BCUT2D eigenvalue weighted by Crippen LogP contribution is 2.28. The molecule has 1 aliphatic carbocycles. The van der Waals surface area contributed by atoms with Crippen molar-refractivity contribution >= 4 is 33.5 Å². The molecule has 2 fully saturated rings. The third-order valence-electron chi connectivity index (χ3n) is 4.90. The van der Waals surface area contributed by atoms with E-state index in [9.17, 15) is 9.59 Å². The van der Waals surface area contributed by atoms with E-state index in [1.807, 2.05) is 18.2 Å². The lowest BCUT2D eigenvalue weighted by Crippen LogP contribution is -3.14. The van der Waals surface area contributed by atoms with Gasteiger partial charge in [-0.3, -0.25) is 10.1 Å². The maximum Gasteiger partial charge on any atom is 0.321 e. The van der Waals surface area contributed by atoms with Crippen molar-refractivity contribution in [2.75, 3.05) is 13.1 Å². The summed E-state index contributed by atoms with van der Waals surface area (Å²) in [6.07, 6.45) is 5.33. The smallest absolute Gasteiger partial charge is 0.321 e. The second-order valence-corrected chi connectivity index (χ2v) is 8.01. The van der Waals surface area contributed by atoms with E-state index < -0.39 is 0 Å². The number of carbonyl (C=O) groups excluding carboxylic acids is 2. The monoisotopic (exact) mass is 359 g/mol. The van der Waals surface area contributed by atoms with Gasteiger partial charge in [-0.2, -0.15) is 0 Å². The van der Waals surface area contributed by atoms with Gasteiger partial charge < -0.3 is 10.2 Å². The van der Waals surface area contributed by atoms with Crippen LogP contribution in [0.3, 0.4) is 0 Å². The van der Waals surface area contributed by atoms with E-state index in [1.54, 1.807) is 11.3 Å². The SMILES string of the molecule is O=C(C[NH+]1CCCC[C@@H]1c1nc2ccccc2s1)NC(=O)NC1CC1. The molecule has 2 heterocycles. The van der Waals surface area contributed by atoms with Crippen molar-refractivity contribution in [1.29, 1.82) is 0 Å². The van der Waals surface area contributed by atoms with Crippen LogP contribution in [0.25, 0.3) is 10.2 Å². The Bertz CT molecular complexity index is 753. The molecule has 3 amide bonds. The molecule has 3 N–H and O–H groups in total. The molecule has 7 heteroatoms. The number of thiazole rings is 1. The molecule has 132 valence electrons. The molecule has 25 heavy (non-hydrogen) atoms. The van der Waals surface area contributed by atoms with Crippen molar-refractivity contribution in [2.45, 2.75) is 44.2 Å². The summed E-state index contributed by atoms with van der Waals surface area (Å²) in [5.74, 6) is -0.207. The van der Waals surface area contributed by atoms with Crippen LogP contribution in [0.2, 0.25) is 0 Å². The molecule has 2 atom stereocenters. The maximum atomic E-state index is 12.3. The van der Waals surface area contributed by atoms with Crippen LogP contribution < -0.4 is 15.5 Å². The number of nitrogens with zero attached hydrogens (tertiary/aromatic N) is 1. The molecule has 4 rings (SSSR count). The van der Waals surface area contributed by atoms with Crippen LogP contribution in [-0.4, -0.2) is 36.1 Å². The lowest BCUT2D eigenvalue weighted by molar-refractivity contribution is -0.929. The summed E-state index contributed by atoms with van der Waals surface area (Å²) >= 11 is 1.72. The number of aromatic nitrogens is 1. The van der Waals surface area contributed by atoms with Crippen molar-refractivity contribution < 1.29 is 14.5 Å². The van der Waals surface area contributed by atoms with Gasteiger partial charge in [0.2, 0.25) is 0 Å². The number of carbonyl (C=O) groups is 2. The van der Waals surface area contributed by atoms with Gasteiger partial charge in [-0.05, 0) is 37.8 Å². The zero-order valence-electron chi connectivity index (χ0n) is 14.1. The molecule has 6 nitrogen and oxygen atoms in total. The van der Waals surface area contributed by atoms with Crippen LogP contribution in [0, 0.1) is 0 Å². The fourth-order valence-electron chi connectivity index (χ4n) is 3.45. The lowest BCUT2D eigenvalue weighted by Gasteiger charge is -2.30. The summed E-state index contributed by atoms with van der Waals surface area (Å²) < 4.78 is 1.19. The molecule has 0 spiro atoms. The molecule has 0 bridgehead atoms. The van der Waals surface area contributed by atoms with Gasteiger partial charge in [-0.15, -0.1) is 11.3 Å². The van der Waals surface area contributed by atoms with Crippen LogP contribution in [0.1, 0.15) is 43.2 Å². The van der Waals surface area contributed by atoms with Crippen LogP contribution in [0.5, 0.6) is 0 Å². The van der Waals surface area contributed by atoms with E-state index in [0.29, 0.717) is 6.54 Å². The maximum absolute atomic E-state index is 12.3. The molecule has 0 radical (unpaired) electrons. The first-order valence-electron chi connectivity index (χ1n) is 8.99. The summed E-state index contributed by atoms with van der Waals surface area (Å²) in [5, 5.41) is 6.37. The Kier molecular flexibility index (Phi) is 4.67. The van der Waals surface area contributed by atoms with E-state index in [-0.39, 0.29) is 24.0 Å². The molecule has 1 saturated heterocycles. The Balaban J connectivity index is 1.43. The Morgan fingerprint density at radius 3 is 2.84 bits per heavy atom. The largest absolute Gasteiger partial charge is 0.335 e. The summed E-state index contributed by atoms with van der Waals surface area (Å²) in [4.78, 5) is 30.0. The van der Waals surface area contributed by atoms with Gasteiger partial charge in [0, 0.05) is 12.5 Å². The minimum Gasteiger partial charge on any atom is -0.335 e. The van der Waals surface area contributed by atoms with E-state index in [0.717, 1.165) is 49.2 Å². The molecular formula is C18H23N4O2S+. The average Bonchev–Trinajstić information content (AvgIpc) is 3.29. The highest BCUT2D eigenvalue weighted by atomic mass is 32.1. The van der Waals surface area contributed by atoms with Crippen LogP contribution in [0.15, 0.2) is 24.3 Å². The van der Waals surface area contributed by atoms with Gasteiger partial charge in [0.25, 0.3) is 5.91 Å². The number of piperidine rings is 1. The Morgan fingerprint density at radius 2 is 2.04 bits per heavy atom. The number of para-hydroxylation sites is 1. The van der Waals surface area contributed by atoms with E-state index in [4.69, 9.17) is 4.98 Å². The lowest BCUT2D eigenvalue weighted by atomic mass is 10.0. The predicted molar refractivity (Wildman–Crippen MR) is 96.6 cm³/mol. The third-order valence-corrected chi connectivity index (χ3v) is 6.05. The minimum absolute atomic E-state index is 0.207. The zero-order chi connectivity index (χ0) is 17.2. The van der Waals surface area contributed by atoms with E-state index in [1.165, 1.54) is 9.60 Å². The second kappa shape index (κ2) is 7.09. The van der Waals surface area contributed by atoms with Crippen LogP contribution >= 0.6 is 11.3 Å². The summed E-state index contributed by atoms with van der Waals surface area (Å²) in [6, 6.07) is 8.29. The number of urea groups is 1. The summed E-state index contributed by atoms with van der Waals surface area (Å²) in [7, 11) is 0. The van der Waals surface area contributed by atoms with Crippen molar-refractivity contribution in [3.63, 3.8) is 0 Å². The number of nitrogens with one attached hydrogen (secondary N) is 3. The fraction of sp³-hybridized carbons (Fsp3) is 0.500. The summed E-state index contributed by atoms with van der Waals surface area (Å²) in [5.41, 5.74) is 1.03. The van der Waals surface area contributed by atoms with Crippen molar-refractivity contribution in [1.82, 2.24) is 15.6 Å². The standard InChI is InChI=1S/C18H22N4O2S/c23-16(21-18(24)19-12-8-9-12)11-22-10-4-3-6-14(22)17-20-13-5-1-2-7-15(13)25-17/h1-2,5,7,12,14H,3-4,6,8-11H2,(H2,19,21,23,24)/p+1/t14-/m1/s1. The molecule has 1 saturated carbocycles.